The van der Waals surface area contributed by atoms with E-state index in [2.05, 4.69) is 0 Å². The minimum Gasteiger partial charge on any atom is -0.458 e. The number of ether oxygens (including phenoxy) is 4. The van der Waals surface area contributed by atoms with Crippen LogP contribution in [-0.2, 0) is 35.1 Å². The van der Waals surface area contributed by atoms with E-state index in [1.54, 1.807) is 40.7 Å². The maximum absolute atomic E-state index is 12.6. The lowest BCUT2D eigenvalue weighted by Gasteiger charge is -2.25. The third-order valence-corrected chi connectivity index (χ3v) is 5.55. The van der Waals surface area contributed by atoms with E-state index < -0.39 is 47.5 Å². The number of benzene rings is 1. The fourth-order valence-electron chi connectivity index (χ4n) is 2.98. The van der Waals surface area contributed by atoms with Crippen LogP contribution in [0.15, 0.2) is 18.2 Å². The summed E-state index contributed by atoms with van der Waals surface area (Å²) in [5.74, 6) is -1.70. The first-order valence-corrected chi connectivity index (χ1v) is 13.0. The zero-order chi connectivity index (χ0) is 28.2. The number of hydrogen-bond donors (Lipinski definition) is 1. The van der Waals surface area contributed by atoms with Crippen molar-refractivity contribution >= 4 is 23.9 Å². The molecule has 1 aromatic carbocycles. The molecule has 208 valence electrons. The zero-order valence-corrected chi connectivity index (χ0v) is 23.3. The van der Waals surface area contributed by atoms with E-state index in [9.17, 15) is 19.2 Å². The summed E-state index contributed by atoms with van der Waals surface area (Å²) in [6.45, 7) is 12.4. The van der Waals surface area contributed by atoms with Crippen molar-refractivity contribution in [3.63, 3.8) is 0 Å². The third kappa shape index (κ3) is 11.8. The summed E-state index contributed by atoms with van der Waals surface area (Å²) >= 11 is 0. The van der Waals surface area contributed by atoms with Crippen LogP contribution in [0.3, 0.4) is 0 Å². The van der Waals surface area contributed by atoms with E-state index in [0.717, 1.165) is 12.8 Å². The highest BCUT2D eigenvalue weighted by molar-refractivity contribution is 5.78. The van der Waals surface area contributed by atoms with Gasteiger partial charge in [0.25, 0.3) is 0 Å². The Balaban J connectivity index is 2.91. The molecule has 0 fully saturated rings. The van der Waals surface area contributed by atoms with Crippen molar-refractivity contribution in [3.8, 4) is 11.5 Å². The van der Waals surface area contributed by atoms with Gasteiger partial charge in [-0.25, -0.2) is 0 Å². The first-order valence-electron chi connectivity index (χ1n) is 13.0. The number of esters is 4. The van der Waals surface area contributed by atoms with E-state index in [0.29, 0.717) is 18.4 Å². The van der Waals surface area contributed by atoms with Gasteiger partial charge in [-0.1, -0.05) is 32.8 Å². The molecule has 37 heavy (non-hydrogen) atoms. The van der Waals surface area contributed by atoms with Gasteiger partial charge in [0.2, 0.25) is 0 Å². The molecule has 0 bridgehead atoms. The number of carbonyl (C=O) groups is 4. The highest BCUT2D eigenvalue weighted by Crippen LogP contribution is 2.30. The summed E-state index contributed by atoms with van der Waals surface area (Å²) in [5.41, 5.74) is 6.00. The van der Waals surface area contributed by atoms with E-state index in [4.69, 9.17) is 24.7 Å². The molecule has 0 aliphatic carbocycles. The molecule has 0 aliphatic rings. The van der Waals surface area contributed by atoms with E-state index in [1.165, 1.54) is 12.1 Å². The topological polar surface area (TPSA) is 131 Å². The second kappa shape index (κ2) is 15.3. The Kier molecular flexibility index (Phi) is 13.3. The van der Waals surface area contributed by atoms with Crippen LogP contribution < -0.4 is 15.2 Å². The maximum Gasteiger partial charge on any atom is 0.323 e. The quantitative estimate of drug-likeness (QED) is 0.274. The minimum absolute atomic E-state index is 0.0886. The van der Waals surface area contributed by atoms with Crippen LogP contribution in [0.1, 0.15) is 92.6 Å². The van der Waals surface area contributed by atoms with Gasteiger partial charge in [-0.05, 0) is 71.6 Å². The first-order chi connectivity index (χ1) is 17.3. The normalized spacial score (nSPS) is 13.7. The lowest BCUT2D eigenvalue weighted by atomic mass is 9.97. The van der Waals surface area contributed by atoms with Crippen LogP contribution in [0.5, 0.6) is 11.5 Å². The average Bonchev–Trinajstić information content (AvgIpc) is 2.82. The molecule has 0 saturated heterocycles. The Morgan fingerprint density at radius 1 is 0.838 bits per heavy atom. The Morgan fingerprint density at radius 3 is 1.86 bits per heavy atom. The average molecular weight is 522 g/mol. The molecule has 3 atom stereocenters. The van der Waals surface area contributed by atoms with Crippen LogP contribution in [0.25, 0.3) is 0 Å². The summed E-state index contributed by atoms with van der Waals surface area (Å²) < 4.78 is 21.7. The first kappa shape index (κ1) is 32.1. The molecule has 0 aromatic heterocycles. The van der Waals surface area contributed by atoms with Crippen molar-refractivity contribution in [3.05, 3.63) is 23.8 Å². The maximum atomic E-state index is 12.6. The molecule has 0 saturated carbocycles. The third-order valence-electron chi connectivity index (χ3n) is 5.55. The molecule has 1 rings (SSSR count). The molecule has 9 nitrogen and oxygen atoms in total. The zero-order valence-electron chi connectivity index (χ0n) is 23.3. The second-order valence-corrected chi connectivity index (χ2v) is 10.2. The van der Waals surface area contributed by atoms with Crippen LogP contribution in [-0.4, -0.2) is 42.1 Å². The molecule has 0 radical (unpaired) electrons. The van der Waals surface area contributed by atoms with Crippen molar-refractivity contribution in [2.45, 2.75) is 112 Å². The van der Waals surface area contributed by atoms with Crippen molar-refractivity contribution in [2.75, 3.05) is 0 Å². The van der Waals surface area contributed by atoms with Gasteiger partial charge in [-0.2, -0.15) is 0 Å². The van der Waals surface area contributed by atoms with Crippen molar-refractivity contribution in [1.82, 2.24) is 0 Å². The molecule has 0 aliphatic heterocycles. The summed E-state index contributed by atoms with van der Waals surface area (Å²) in [5, 5.41) is 0. The second-order valence-electron chi connectivity index (χ2n) is 10.2. The predicted molar refractivity (Wildman–Crippen MR) is 139 cm³/mol. The standard InChI is InChI=1S/C28H43NO8/c1-8-10-12-24(30)36-22-15-14-20(17-23(22)37-25(31)13-11-9-2)16-21(29)26(32)34-18(3)19(4)35-27(33)28(5,6)7/h14-15,17-19,21H,8-13,16,29H2,1-7H3/t18-,19?,21-/m0/s1. The van der Waals surface area contributed by atoms with Crippen LogP contribution in [0, 0.1) is 5.41 Å². The molecule has 1 aromatic rings. The van der Waals surface area contributed by atoms with Crippen molar-refractivity contribution in [1.29, 1.82) is 0 Å². The van der Waals surface area contributed by atoms with Crippen molar-refractivity contribution in [2.24, 2.45) is 11.1 Å². The van der Waals surface area contributed by atoms with E-state index in [-0.39, 0.29) is 30.8 Å². The van der Waals surface area contributed by atoms with Gasteiger partial charge in [0.1, 0.15) is 18.2 Å². The van der Waals surface area contributed by atoms with E-state index >= 15 is 0 Å². The highest BCUT2D eigenvalue weighted by atomic mass is 16.6. The van der Waals surface area contributed by atoms with Crippen LogP contribution >= 0.6 is 0 Å². The van der Waals surface area contributed by atoms with Gasteiger partial charge >= 0.3 is 23.9 Å². The Bertz CT molecular complexity index is 921. The Morgan fingerprint density at radius 2 is 1.35 bits per heavy atom. The van der Waals surface area contributed by atoms with Gasteiger partial charge in [0.15, 0.2) is 11.5 Å². The molecule has 0 heterocycles. The number of carbonyl (C=O) groups excluding carboxylic acids is 4. The molecule has 1 unspecified atom stereocenters. The number of rotatable bonds is 14. The molecule has 2 N–H and O–H groups in total. The summed E-state index contributed by atoms with van der Waals surface area (Å²) in [6.07, 6.45) is 2.24. The fraction of sp³-hybridized carbons (Fsp3) is 0.643. The minimum atomic E-state index is -1.02. The van der Waals surface area contributed by atoms with Crippen molar-refractivity contribution < 1.29 is 38.1 Å². The molecule has 0 amide bonds. The highest BCUT2D eigenvalue weighted by Gasteiger charge is 2.29. The monoisotopic (exact) mass is 521 g/mol. The predicted octanol–water partition coefficient (Wildman–Crippen LogP) is 4.66. The van der Waals surface area contributed by atoms with Crippen LogP contribution in [0.2, 0.25) is 0 Å². The van der Waals surface area contributed by atoms with Crippen LogP contribution in [0.4, 0.5) is 0 Å². The molecule has 9 heteroatoms. The van der Waals surface area contributed by atoms with Gasteiger partial charge < -0.3 is 24.7 Å². The SMILES string of the molecule is CCCCC(=O)Oc1ccc(C[C@H](N)C(=O)O[C@@H](C)C(C)OC(=O)C(C)(C)C)cc1OC(=O)CCCC. The molecular formula is C28H43NO8. The summed E-state index contributed by atoms with van der Waals surface area (Å²) in [7, 11) is 0. The largest absolute Gasteiger partial charge is 0.458 e. The smallest absolute Gasteiger partial charge is 0.323 e. The van der Waals surface area contributed by atoms with Gasteiger partial charge in [-0.3, -0.25) is 19.2 Å². The van der Waals surface area contributed by atoms with Gasteiger partial charge in [0.05, 0.1) is 5.41 Å². The Hall–Kier alpha value is -2.94. The molecular weight excluding hydrogens is 478 g/mol. The lowest BCUT2D eigenvalue weighted by Crippen LogP contribution is -2.40. The Labute approximate surface area is 220 Å². The lowest BCUT2D eigenvalue weighted by molar-refractivity contribution is -0.171. The van der Waals surface area contributed by atoms with Gasteiger partial charge in [0, 0.05) is 12.8 Å². The van der Waals surface area contributed by atoms with E-state index in [1.807, 2.05) is 13.8 Å². The number of hydrogen-bond acceptors (Lipinski definition) is 9. The van der Waals surface area contributed by atoms with Gasteiger partial charge in [-0.15, -0.1) is 0 Å². The number of nitrogens with two attached hydrogens (primary N) is 1. The summed E-state index contributed by atoms with van der Waals surface area (Å²) in [4.78, 5) is 49.1. The summed E-state index contributed by atoms with van der Waals surface area (Å²) in [6, 6.07) is 3.69. The molecule has 0 spiro atoms. The number of unbranched alkanes of at least 4 members (excludes halogenated alkanes) is 2. The fourth-order valence-corrected chi connectivity index (χ4v) is 2.98.